The second kappa shape index (κ2) is 9.59. The van der Waals surface area contributed by atoms with Crippen molar-refractivity contribution in [2.45, 2.75) is 25.7 Å². The highest BCUT2D eigenvalue weighted by molar-refractivity contribution is 5.92. The number of hydrogen-bond donors (Lipinski definition) is 0. The van der Waals surface area contributed by atoms with Gasteiger partial charge in [0, 0.05) is 57.2 Å². The Labute approximate surface area is 173 Å². The van der Waals surface area contributed by atoms with Crippen molar-refractivity contribution in [3.05, 3.63) is 60.3 Å². The lowest BCUT2D eigenvalue weighted by Gasteiger charge is -2.34. The van der Waals surface area contributed by atoms with Gasteiger partial charge in [0.25, 0.3) is 0 Å². The van der Waals surface area contributed by atoms with E-state index in [9.17, 15) is 4.79 Å². The van der Waals surface area contributed by atoms with E-state index >= 15 is 0 Å². The van der Waals surface area contributed by atoms with Crippen molar-refractivity contribution < 1.29 is 4.79 Å². The molecule has 2 aliphatic heterocycles. The number of hydrogen-bond acceptors (Lipinski definition) is 4. The van der Waals surface area contributed by atoms with E-state index in [1.54, 1.807) is 6.08 Å². The van der Waals surface area contributed by atoms with E-state index in [-0.39, 0.29) is 5.91 Å². The van der Waals surface area contributed by atoms with Crippen molar-refractivity contribution in [3.63, 3.8) is 0 Å². The van der Waals surface area contributed by atoms with Gasteiger partial charge in [-0.3, -0.25) is 4.79 Å². The van der Waals surface area contributed by atoms with Gasteiger partial charge in [0.15, 0.2) is 0 Å². The summed E-state index contributed by atoms with van der Waals surface area (Å²) < 4.78 is 0. The Morgan fingerprint density at radius 1 is 0.793 bits per heavy atom. The molecular formula is C24H30N4O. The third-order valence-electron chi connectivity index (χ3n) is 5.85. The lowest BCUT2D eigenvalue weighted by atomic mass is 10.1. The van der Waals surface area contributed by atoms with Gasteiger partial charge in [-0.15, -0.1) is 0 Å². The van der Waals surface area contributed by atoms with E-state index < -0.39 is 0 Å². The fourth-order valence-corrected chi connectivity index (χ4v) is 4.09. The zero-order valence-electron chi connectivity index (χ0n) is 17.0. The van der Waals surface area contributed by atoms with Crippen LogP contribution in [0.3, 0.4) is 0 Å². The average molecular weight is 391 g/mol. The molecule has 2 aliphatic rings. The Morgan fingerprint density at radius 3 is 2.17 bits per heavy atom. The van der Waals surface area contributed by atoms with E-state index in [1.165, 1.54) is 31.4 Å². The van der Waals surface area contributed by atoms with Crippen molar-refractivity contribution >= 4 is 23.5 Å². The first-order valence-corrected chi connectivity index (χ1v) is 10.8. The third kappa shape index (κ3) is 5.17. The van der Waals surface area contributed by atoms with Gasteiger partial charge >= 0.3 is 0 Å². The van der Waals surface area contributed by atoms with Gasteiger partial charge in [0.05, 0.1) is 0 Å². The highest BCUT2D eigenvalue weighted by Crippen LogP contribution is 2.20. The van der Waals surface area contributed by atoms with Crippen LogP contribution in [0.15, 0.2) is 54.7 Å². The molecule has 5 nitrogen and oxygen atoms in total. The summed E-state index contributed by atoms with van der Waals surface area (Å²) in [6, 6.07) is 14.5. The van der Waals surface area contributed by atoms with E-state index in [2.05, 4.69) is 39.0 Å². The van der Waals surface area contributed by atoms with Crippen molar-refractivity contribution in [3.8, 4) is 0 Å². The molecule has 0 spiro atoms. The van der Waals surface area contributed by atoms with Gasteiger partial charge in [-0.05, 0) is 48.7 Å². The van der Waals surface area contributed by atoms with E-state index in [0.717, 1.165) is 50.6 Å². The van der Waals surface area contributed by atoms with Crippen LogP contribution < -0.4 is 9.80 Å². The molecule has 0 saturated carbocycles. The Balaban J connectivity index is 1.29. The van der Waals surface area contributed by atoms with Crippen molar-refractivity contribution in [1.29, 1.82) is 0 Å². The fourth-order valence-electron chi connectivity index (χ4n) is 4.09. The van der Waals surface area contributed by atoms with Crippen LogP contribution in [-0.2, 0) is 4.79 Å². The van der Waals surface area contributed by atoms with Crippen molar-refractivity contribution in [1.82, 2.24) is 9.88 Å². The van der Waals surface area contributed by atoms with Gasteiger partial charge < -0.3 is 14.7 Å². The molecule has 2 fully saturated rings. The molecule has 1 amide bonds. The minimum atomic E-state index is 0.0854. The Morgan fingerprint density at radius 2 is 1.52 bits per heavy atom. The number of anilines is 2. The van der Waals surface area contributed by atoms with E-state index in [0.29, 0.717) is 0 Å². The van der Waals surface area contributed by atoms with Crippen LogP contribution >= 0.6 is 0 Å². The standard InChI is InChI=1S/C24H30N4O/c29-24(28-19-17-27(18-20-28)23-7-3-4-14-25-23)13-10-21-8-11-22(12-9-21)26-15-5-1-2-6-16-26/h3-4,7-14H,1-2,5-6,15-20H2/b13-10+. The number of aromatic nitrogens is 1. The van der Waals surface area contributed by atoms with Gasteiger partial charge in [-0.1, -0.05) is 31.0 Å². The number of piperazine rings is 1. The number of carbonyl (C=O) groups excluding carboxylic acids is 1. The average Bonchev–Trinajstić information content (AvgIpc) is 3.08. The number of nitrogens with zero attached hydrogens (tertiary/aromatic N) is 4. The zero-order valence-corrected chi connectivity index (χ0v) is 17.0. The van der Waals surface area contributed by atoms with Gasteiger partial charge in [-0.2, -0.15) is 0 Å². The smallest absolute Gasteiger partial charge is 0.246 e. The molecule has 0 unspecified atom stereocenters. The summed E-state index contributed by atoms with van der Waals surface area (Å²) in [5, 5.41) is 0. The summed E-state index contributed by atoms with van der Waals surface area (Å²) in [5.74, 6) is 1.07. The summed E-state index contributed by atoms with van der Waals surface area (Å²) in [4.78, 5) is 23.6. The van der Waals surface area contributed by atoms with Gasteiger partial charge in [0.1, 0.15) is 5.82 Å². The maximum atomic E-state index is 12.6. The first kappa shape index (κ1) is 19.5. The second-order valence-corrected chi connectivity index (χ2v) is 7.83. The van der Waals surface area contributed by atoms with Crippen LogP contribution in [0.1, 0.15) is 31.2 Å². The predicted molar refractivity (Wildman–Crippen MR) is 119 cm³/mol. The molecule has 0 bridgehead atoms. The van der Waals surface area contributed by atoms with Crippen LogP contribution in [0.25, 0.3) is 6.08 Å². The Hall–Kier alpha value is -2.82. The highest BCUT2D eigenvalue weighted by atomic mass is 16.2. The summed E-state index contributed by atoms with van der Waals surface area (Å²) in [7, 11) is 0. The van der Waals surface area contributed by atoms with Crippen LogP contribution in [0.2, 0.25) is 0 Å². The number of benzene rings is 1. The fraction of sp³-hybridized carbons (Fsp3) is 0.417. The van der Waals surface area contributed by atoms with Crippen LogP contribution in [-0.4, -0.2) is 55.1 Å². The summed E-state index contributed by atoms with van der Waals surface area (Å²) >= 11 is 0. The molecule has 152 valence electrons. The maximum absolute atomic E-state index is 12.6. The molecule has 29 heavy (non-hydrogen) atoms. The second-order valence-electron chi connectivity index (χ2n) is 7.83. The van der Waals surface area contributed by atoms with Crippen LogP contribution in [0, 0.1) is 0 Å². The molecule has 2 saturated heterocycles. The third-order valence-corrected chi connectivity index (χ3v) is 5.85. The van der Waals surface area contributed by atoms with Gasteiger partial charge in [-0.25, -0.2) is 4.98 Å². The molecule has 3 heterocycles. The SMILES string of the molecule is O=C(/C=C/c1ccc(N2CCCCCC2)cc1)N1CCN(c2ccccn2)CC1. The van der Waals surface area contributed by atoms with Crippen LogP contribution in [0.4, 0.5) is 11.5 Å². The minimum absolute atomic E-state index is 0.0854. The quantitative estimate of drug-likeness (QED) is 0.744. The van der Waals surface area contributed by atoms with Crippen molar-refractivity contribution in [2.24, 2.45) is 0 Å². The lowest BCUT2D eigenvalue weighted by molar-refractivity contribution is -0.126. The molecule has 0 aliphatic carbocycles. The number of pyridine rings is 1. The zero-order chi connectivity index (χ0) is 19.9. The topological polar surface area (TPSA) is 39.7 Å². The Bertz CT molecular complexity index is 803. The minimum Gasteiger partial charge on any atom is -0.372 e. The first-order chi connectivity index (χ1) is 14.3. The highest BCUT2D eigenvalue weighted by Gasteiger charge is 2.20. The number of carbonyl (C=O) groups is 1. The molecule has 0 atom stereocenters. The molecule has 5 heteroatoms. The summed E-state index contributed by atoms with van der Waals surface area (Å²) in [6.45, 7) is 5.40. The first-order valence-electron chi connectivity index (χ1n) is 10.8. The summed E-state index contributed by atoms with van der Waals surface area (Å²) in [6.07, 6.45) is 10.7. The molecule has 0 N–H and O–H groups in total. The number of rotatable bonds is 4. The monoisotopic (exact) mass is 390 g/mol. The molecule has 1 aromatic heterocycles. The van der Waals surface area contributed by atoms with Gasteiger partial charge in [0.2, 0.25) is 5.91 Å². The molecule has 2 aromatic rings. The largest absolute Gasteiger partial charge is 0.372 e. The normalized spacial score (nSPS) is 18.1. The number of amides is 1. The van der Waals surface area contributed by atoms with Crippen molar-refractivity contribution in [2.75, 3.05) is 49.1 Å². The summed E-state index contributed by atoms with van der Waals surface area (Å²) in [5.41, 5.74) is 2.37. The molecular weight excluding hydrogens is 360 g/mol. The van der Waals surface area contributed by atoms with Crippen LogP contribution in [0.5, 0.6) is 0 Å². The molecule has 0 radical (unpaired) electrons. The molecule has 4 rings (SSSR count). The Kier molecular flexibility index (Phi) is 6.45. The maximum Gasteiger partial charge on any atom is 0.246 e. The lowest BCUT2D eigenvalue weighted by Crippen LogP contribution is -2.48. The molecule has 1 aromatic carbocycles. The predicted octanol–water partition coefficient (Wildman–Crippen LogP) is 3.82. The van der Waals surface area contributed by atoms with E-state index in [4.69, 9.17) is 0 Å². The van der Waals surface area contributed by atoms with E-state index in [1.807, 2.05) is 35.4 Å².